The minimum atomic E-state index is -1.49. The van der Waals surface area contributed by atoms with Crippen molar-refractivity contribution in [2.45, 2.75) is 128 Å². The molecule has 3 aliphatic rings. The average molecular weight is 755 g/mol. The van der Waals surface area contributed by atoms with E-state index in [0.717, 1.165) is 12.8 Å². The predicted octanol–water partition coefficient (Wildman–Crippen LogP) is 2.14. The van der Waals surface area contributed by atoms with Gasteiger partial charge in [-0.3, -0.25) is 28.8 Å². The molecule has 3 saturated heterocycles. The van der Waals surface area contributed by atoms with Crippen LogP contribution in [0.4, 0.5) is 4.39 Å². The Kier molecular flexibility index (Phi) is 14.7. The molecule has 296 valence electrons. The van der Waals surface area contributed by atoms with Crippen LogP contribution in [0.5, 0.6) is 0 Å². The Morgan fingerprint density at radius 2 is 1.67 bits per heavy atom. The second-order valence-electron chi connectivity index (χ2n) is 14.3. The molecule has 0 aromatic heterocycles. The number of nitrogens with zero attached hydrogens (tertiary/aromatic N) is 3. The minimum absolute atomic E-state index is 0.121. The number of benzene rings is 1. The van der Waals surface area contributed by atoms with Gasteiger partial charge in [0.2, 0.25) is 35.4 Å². The summed E-state index contributed by atoms with van der Waals surface area (Å²) in [7, 11) is 1.51. The fourth-order valence-electron chi connectivity index (χ4n) is 7.59. The van der Waals surface area contributed by atoms with Crippen LogP contribution in [0, 0.1) is 5.82 Å². The van der Waals surface area contributed by atoms with Crippen molar-refractivity contribution in [3.8, 4) is 0 Å². The van der Waals surface area contributed by atoms with Crippen molar-refractivity contribution in [3.63, 3.8) is 0 Å². The number of carbonyl (C=O) groups excluding carboxylic acids is 7. The van der Waals surface area contributed by atoms with Crippen molar-refractivity contribution in [2.24, 2.45) is 0 Å². The standard InChI is InChI=1S/C39H55FN6O8/c1-6-9-10-11-19-32(47)42-28(23-26-15-12-16-27(40)22-26)33(48)43-29-24-54-37(52)31-18-14-21-46(31)34(49)25(4)41-38(53)39(7-2,8-3)44(5)36(51)30-17-13-20-45(30)35(29)50/h11-12,15-16,19,22,25,28-31H,6-10,13-14,17-18,20-21,23-24H2,1-5H3,(H,41,53)(H,42,47)(H,43,48)/b19-11+/t25-,28-,29-,30+,31+/m0/s1. The van der Waals surface area contributed by atoms with E-state index in [1.54, 1.807) is 26.0 Å². The number of hydrogen-bond acceptors (Lipinski definition) is 8. The lowest BCUT2D eigenvalue weighted by molar-refractivity contribution is -0.159. The highest BCUT2D eigenvalue weighted by atomic mass is 19.1. The molecule has 0 saturated carbocycles. The quantitative estimate of drug-likeness (QED) is 0.175. The maximum Gasteiger partial charge on any atom is 0.328 e. The Balaban J connectivity index is 1.70. The van der Waals surface area contributed by atoms with E-state index < -0.39 is 89.6 Å². The number of halogens is 1. The Labute approximate surface area is 316 Å². The first-order valence-corrected chi connectivity index (χ1v) is 19.2. The number of allylic oxidation sites excluding steroid dienone is 1. The van der Waals surface area contributed by atoms with Crippen molar-refractivity contribution in [3.05, 3.63) is 47.8 Å². The first-order chi connectivity index (χ1) is 25.8. The van der Waals surface area contributed by atoms with Gasteiger partial charge in [0.15, 0.2) is 0 Å². The molecular formula is C39H55FN6O8. The van der Waals surface area contributed by atoms with Gasteiger partial charge in [-0.2, -0.15) is 0 Å². The molecule has 14 nitrogen and oxygen atoms in total. The SMILES string of the molecule is CCCC/C=C/C(=O)N[C@@H](Cc1cccc(F)c1)C(=O)N[C@H]1COC(=O)[C@H]2CCCN2C(=O)[C@H](C)NC(=O)C(CC)(CC)N(C)C(=O)[C@H]2CCCN2C1=O. The summed E-state index contributed by atoms with van der Waals surface area (Å²) in [5, 5.41) is 8.10. The topological polar surface area (TPSA) is 175 Å². The largest absolute Gasteiger partial charge is 0.461 e. The van der Waals surface area contributed by atoms with Gasteiger partial charge in [0.25, 0.3) is 0 Å². The molecule has 6 amide bonds. The molecule has 54 heavy (non-hydrogen) atoms. The maximum absolute atomic E-state index is 14.4. The average Bonchev–Trinajstić information content (AvgIpc) is 3.85. The van der Waals surface area contributed by atoms with Gasteiger partial charge in [-0.05, 0) is 75.6 Å². The molecule has 0 unspecified atom stereocenters. The molecule has 4 rings (SSSR count). The summed E-state index contributed by atoms with van der Waals surface area (Å²) >= 11 is 0. The number of likely N-dealkylation sites (N-methyl/N-ethyl adjacent to an activating group) is 1. The zero-order valence-electron chi connectivity index (χ0n) is 32.0. The molecule has 1 aromatic carbocycles. The molecule has 0 aliphatic carbocycles. The molecule has 3 aliphatic heterocycles. The van der Waals surface area contributed by atoms with Gasteiger partial charge in [-0.25, -0.2) is 9.18 Å². The van der Waals surface area contributed by atoms with Gasteiger partial charge >= 0.3 is 5.97 Å². The summed E-state index contributed by atoms with van der Waals surface area (Å²) in [5.41, 5.74) is -0.932. The molecule has 3 fully saturated rings. The lowest BCUT2D eigenvalue weighted by atomic mass is 9.88. The summed E-state index contributed by atoms with van der Waals surface area (Å²) in [6.45, 7) is 6.88. The number of ether oxygens (including phenoxy) is 1. The van der Waals surface area contributed by atoms with Gasteiger partial charge in [0, 0.05) is 26.6 Å². The zero-order valence-corrected chi connectivity index (χ0v) is 32.0. The van der Waals surface area contributed by atoms with Crippen molar-refractivity contribution >= 4 is 41.4 Å². The highest BCUT2D eigenvalue weighted by Gasteiger charge is 2.48. The second kappa shape index (κ2) is 19.0. The van der Waals surface area contributed by atoms with Crippen LogP contribution < -0.4 is 16.0 Å². The van der Waals surface area contributed by atoms with Crippen LogP contribution in [-0.4, -0.2) is 119 Å². The third kappa shape index (κ3) is 9.64. The third-order valence-corrected chi connectivity index (χ3v) is 10.9. The molecule has 3 heterocycles. The molecular weight excluding hydrogens is 699 g/mol. The number of cyclic esters (lactones) is 1. The van der Waals surface area contributed by atoms with Gasteiger partial charge in [0.1, 0.15) is 48.2 Å². The predicted molar refractivity (Wildman–Crippen MR) is 197 cm³/mol. The van der Waals surface area contributed by atoms with Gasteiger partial charge in [0.05, 0.1) is 0 Å². The van der Waals surface area contributed by atoms with E-state index in [9.17, 15) is 38.0 Å². The maximum atomic E-state index is 14.4. The summed E-state index contributed by atoms with van der Waals surface area (Å²) in [6, 6.07) is -0.171. The van der Waals surface area contributed by atoms with Crippen molar-refractivity contribution in [2.75, 3.05) is 26.7 Å². The first kappa shape index (κ1) is 41.9. The molecule has 0 bridgehead atoms. The van der Waals surface area contributed by atoms with Crippen LogP contribution in [0.15, 0.2) is 36.4 Å². The number of rotatable bonds is 11. The van der Waals surface area contributed by atoms with Crippen LogP contribution >= 0.6 is 0 Å². The molecule has 0 radical (unpaired) electrons. The van der Waals surface area contributed by atoms with Crippen molar-refractivity contribution < 1.29 is 42.7 Å². The highest BCUT2D eigenvalue weighted by Crippen LogP contribution is 2.29. The number of hydrogen-bond donors (Lipinski definition) is 3. The molecule has 0 spiro atoms. The van der Waals surface area contributed by atoms with E-state index in [4.69, 9.17) is 4.74 Å². The molecule has 1 aromatic rings. The number of unbranched alkanes of at least 4 members (excludes halogenated alkanes) is 2. The van der Waals surface area contributed by atoms with E-state index in [0.29, 0.717) is 31.2 Å². The summed E-state index contributed by atoms with van der Waals surface area (Å²) in [4.78, 5) is 101. The van der Waals surface area contributed by atoms with E-state index >= 15 is 0 Å². The Morgan fingerprint density at radius 3 is 2.31 bits per heavy atom. The van der Waals surface area contributed by atoms with E-state index in [2.05, 4.69) is 16.0 Å². The van der Waals surface area contributed by atoms with E-state index in [1.165, 1.54) is 52.9 Å². The lowest BCUT2D eigenvalue weighted by Crippen LogP contribution is -2.65. The zero-order chi connectivity index (χ0) is 39.6. The normalized spacial score (nSPS) is 24.6. The van der Waals surface area contributed by atoms with Crippen LogP contribution in [0.1, 0.15) is 91.0 Å². The lowest BCUT2D eigenvalue weighted by Gasteiger charge is -2.42. The smallest absolute Gasteiger partial charge is 0.328 e. The van der Waals surface area contributed by atoms with Crippen LogP contribution in [0.25, 0.3) is 0 Å². The molecule has 15 heteroatoms. The van der Waals surface area contributed by atoms with Crippen molar-refractivity contribution in [1.29, 1.82) is 0 Å². The second-order valence-corrected chi connectivity index (χ2v) is 14.3. The number of esters is 1. The third-order valence-electron chi connectivity index (χ3n) is 10.9. The van der Waals surface area contributed by atoms with Crippen LogP contribution in [0.3, 0.4) is 0 Å². The monoisotopic (exact) mass is 754 g/mol. The minimum Gasteiger partial charge on any atom is -0.461 e. The van der Waals surface area contributed by atoms with Gasteiger partial charge < -0.3 is 35.4 Å². The molecule has 3 N–H and O–H groups in total. The number of amides is 6. The van der Waals surface area contributed by atoms with E-state index in [-0.39, 0.29) is 38.8 Å². The highest BCUT2D eigenvalue weighted by molar-refractivity contribution is 5.99. The number of fused-ring (bicyclic) bond motifs is 2. The summed E-state index contributed by atoms with van der Waals surface area (Å²) in [5.74, 6) is -4.88. The summed E-state index contributed by atoms with van der Waals surface area (Å²) < 4.78 is 19.8. The van der Waals surface area contributed by atoms with Gasteiger partial charge in [-0.1, -0.05) is 51.8 Å². The first-order valence-electron chi connectivity index (χ1n) is 19.2. The van der Waals surface area contributed by atoms with Crippen molar-refractivity contribution in [1.82, 2.24) is 30.7 Å². The summed E-state index contributed by atoms with van der Waals surface area (Å²) in [6.07, 6.45) is 7.33. The van der Waals surface area contributed by atoms with Crippen LogP contribution in [0.2, 0.25) is 0 Å². The van der Waals surface area contributed by atoms with Crippen LogP contribution in [-0.2, 0) is 44.7 Å². The Bertz CT molecular complexity index is 1600. The number of nitrogens with one attached hydrogen (secondary N) is 3. The molecule has 5 atom stereocenters. The Hall–Kier alpha value is -4.82. The Morgan fingerprint density at radius 1 is 1.00 bits per heavy atom. The van der Waals surface area contributed by atoms with E-state index in [1.807, 2.05) is 6.92 Å². The number of carbonyl (C=O) groups is 7. The fraction of sp³-hybridized carbons (Fsp3) is 0.615. The fourth-order valence-corrected chi connectivity index (χ4v) is 7.59. The van der Waals surface area contributed by atoms with Gasteiger partial charge in [-0.15, -0.1) is 0 Å².